The predicted octanol–water partition coefficient (Wildman–Crippen LogP) is 2.95. The molecular weight excluding hydrogens is 184 g/mol. The van der Waals surface area contributed by atoms with Crippen LogP contribution in [-0.4, -0.2) is 6.54 Å². The average molecular weight is 202 g/mol. The quantitative estimate of drug-likeness (QED) is 0.745. The minimum Gasteiger partial charge on any atom is -0.309 e. The number of nitrogens with one attached hydrogen (secondary N) is 1. The second-order valence-electron chi connectivity index (χ2n) is 3.73. The van der Waals surface area contributed by atoms with E-state index in [9.17, 15) is 0 Å². The summed E-state index contributed by atoms with van der Waals surface area (Å²) in [7, 11) is 0. The first-order valence-electron chi connectivity index (χ1n) is 5.44. The van der Waals surface area contributed by atoms with Gasteiger partial charge in [0, 0.05) is 19.0 Å². The van der Waals surface area contributed by atoms with Gasteiger partial charge in [0.1, 0.15) is 0 Å². The summed E-state index contributed by atoms with van der Waals surface area (Å²) in [5.74, 6) is 0. The molecule has 1 aromatic carbocycles. The van der Waals surface area contributed by atoms with Gasteiger partial charge in [0.2, 0.25) is 0 Å². The number of benzene rings is 1. The van der Waals surface area contributed by atoms with Gasteiger partial charge < -0.3 is 5.32 Å². The van der Waals surface area contributed by atoms with E-state index in [0.29, 0.717) is 12.5 Å². The van der Waals surface area contributed by atoms with Crippen molar-refractivity contribution < 1.29 is 0 Å². The van der Waals surface area contributed by atoms with Crippen molar-refractivity contribution in [3.8, 4) is 6.07 Å². The molecule has 1 aromatic rings. The number of nitriles is 1. The third-order valence-electron chi connectivity index (χ3n) is 2.52. The summed E-state index contributed by atoms with van der Waals surface area (Å²) in [5, 5.41) is 11.9. The maximum Gasteiger partial charge on any atom is 0.0635 e. The highest BCUT2D eigenvalue weighted by atomic mass is 14.9. The number of rotatable bonds is 5. The standard InChI is InChI=1S/C13H18N2/c1-3-13(15-10-4-9-14)12-7-5-11(2)6-8-12/h5-8,13,15H,3-4,10H2,1-2H3. The number of nitrogens with zero attached hydrogens (tertiary/aromatic N) is 1. The Morgan fingerprint density at radius 3 is 2.53 bits per heavy atom. The molecule has 0 spiro atoms. The van der Waals surface area contributed by atoms with Crippen molar-refractivity contribution in [1.29, 1.82) is 5.26 Å². The van der Waals surface area contributed by atoms with Gasteiger partial charge in [-0.3, -0.25) is 0 Å². The molecule has 0 aliphatic heterocycles. The molecular formula is C13H18N2. The lowest BCUT2D eigenvalue weighted by molar-refractivity contribution is 0.527. The fourth-order valence-corrected chi connectivity index (χ4v) is 1.60. The third kappa shape index (κ3) is 3.73. The van der Waals surface area contributed by atoms with Crippen molar-refractivity contribution in [2.75, 3.05) is 6.54 Å². The van der Waals surface area contributed by atoms with Gasteiger partial charge in [0.15, 0.2) is 0 Å². The van der Waals surface area contributed by atoms with Gasteiger partial charge in [-0.25, -0.2) is 0 Å². The lowest BCUT2D eigenvalue weighted by Crippen LogP contribution is -2.21. The van der Waals surface area contributed by atoms with Crippen LogP contribution in [0.15, 0.2) is 24.3 Å². The van der Waals surface area contributed by atoms with Crippen LogP contribution in [0.2, 0.25) is 0 Å². The largest absolute Gasteiger partial charge is 0.309 e. The first kappa shape index (κ1) is 11.7. The van der Waals surface area contributed by atoms with Crippen LogP contribution in [0.3, 0.4) is 0 Å². The Morgan fingerprint density at radius 1 is 1.33 bits per heavy atom. The summed E-state index contributed by atoms with van der Waals surface area (Å²) < 4.78 is 0. The second kappa shape index (κ2) is 6.21. The molecule has 0 bridgehead atoms. The summed E-state index contributed by atoms with van der Waals surface area (Å²) in [5.41, 5.74) is 2.59. The molecule has 1 unspecified atom stereocenters. The molecule has 0 aromatic heterocycles. The van der Waals surface area contributed by atoms with Crippen LogP contribution in [0, 0.1) is 18.3 Å². The van der Waals surface area contributed by atoms with Gasteiger partial charge in [-0.2, -0.15) is 5.26 Å². The number of aryl methyl sites for hydroxylation is 1. The van der Waals surface area contributed by atoms with Crippen molar-refractivity contribution in [3.63, 3.8) is 0 Å². The van der Waals surface area contributed by atoms with Crippen LogP contribution in [0.4, 0.5) is 0 Å². The Hall–Kier alpha value is -1.33. The summed E-state index contributed by atoms with van der Waals surface area (Å²) in [6, 6.07) is 11.1. The van der Waals surface area contributed by atoms with Gasteiger partial charge in [0.05, 0.1) is 6.07 Å². The lowest BCUT2D eigenvalue weighted by Gasteiger charge is -2.16. The van der Waals surface area contributed by atoms with E-state index < -0.39 is 0 Å². The molecule has 1 rings (SSSR count). The molecule has 80 valence electrons. The molecule has 0 fully saturated rings. The predicted molar refractivity (Wildman–Crippen MR) is 62.4 cm³/mol. The smallest absolute Gasteiger partial charge is 0.0635 e. The molecule has 1 atom stereocenters. The summed E-state index contributed by atoms with van der Waals surface area (Å²) >= 11 is 0. The van der Waals surface area contributed by atoms with Crippen molar-refractivity contribution in [2.24, 2.45) is 0 Å². The van der Waals surface area contributed by atoms with Crippen LogP contribution < -0.4 is 5.32 Å². The first-order valence-corrected chi connectivity index (χ1v) is 5.44. The Kier molecular flexibility index (Phi) is 4.86. The Morgan fingerprint density at radius 2 is 2.00 bits per heavy atom. The SMILES string of the molecule is CCC(NCCC#N)c1ccc(C)cc1. The molecule has 1 N–H and O–H groups in total. The van der Waals surface area contributed by atoms with Gasteiger partial charge >= 0.3 is 0 Å². The summed E-state index contributed by atoms with van der Waals surface area (Å²) in [6.07, 6.45) is 1.62. The van der Waals surface area contributed by atoms with E-state index in [0.717, 1.165) is 13.0 Å². The minimum absolute atomic E-state index is 0.374. The highest BCUT2D eigenvalue weighted by Crippen LogP contribution is 2.16. The van der Waals surface area contributed by atoms with Crippen LogP contribution in [0.25, 0.3) is 0 Å². The van der Waals surface area contributed by atoms with Crippen LogP contribution >= 0.6 is 0 Å². The molecule has 0 amide bonds. The van der Waals surface area contributed by atoms with Crippen LogP contribution in [0.5, 0.6) is 0 Å². The van der Waals surface area contributed by atoms with Gasteiger partial charge in [0.25, 0.3) is 0 Å². The van der Waals surface area contributed by atoms with E-state index in [4.69, 9.17) is 5.26 Å². The first-order chi connectivity index (χ1) is 7.27. The molecule has 2 heteroatoms. The molecule has 0 saturated carbocycles. The number of hydrogen-bond acceptors (Lipinski definition) is 2. The Bertz CT molecular complexity index is 321. The fourth-order valence-electron chi connectivity index (χ4n) is 1.60. The maximum atomic E-state index is 8.47. The molecule has 0 aliphatic rings. The monoisotopic (exact) mass is 202 g/mol. The summed E-state index contributed by atoms with van der Waals surface area (Å²) in [6.45, 7) is 5.01. The molecule has 15 heavy (non-hydrogen) atoms. The zero-order chi connectivity index (χ0) is 11.1. The molecule has 0 heterocycles. The van der Waals surface area contributed by atoms with Crippen molar-refractivity contribution in [2.45, 2.75) is 32.7 Å². The van der Waals surface area contributed by atoms with Crippen LogP contribution in [-0.2, 0) is 0 Å². The van der Waals surface area contributed by atoms with Gasteiger partial charge in [-0.1, -0.05) is 36.8 Å². The fraction of sp³-hybridized carbons (Fsp3) is 0.462. The molecule has 0 saturated heterocycles. The Labute approximate surface area is 91.9 Å². The molecule has 0 aliphatic carbocycles. The highest BCUT2D eigenvalue weighted by Gasteiger charge is 2.06. The van der Waals surface area contributed by atoms with E-state index in [1.165, 1.54) is 11.1 Å². The molecule has 2 nitrogen and oxygen atoms in total. The van der Waals surface area contributed by atoms with Crippen LogP contribution in [0.1, 0.15) is 36.9 Å². The van der Waals surface area contributed by atoms with E-state index in [2.05, 4.69) is 49.5 Å². The normalized spacial score (nSPS) is 12.1. The second-order valence-corrected chi connectivity index (χ2v) is 3.73. The zero-order valence-corrected chi connectivity index (χ0v) is 9.46. The maximum absolute atomic E-state index is 8.47. The van der Waals surface area contributed by atoms with Gasteiger partial charge in [-0.15, -0.1) is 0 Å². The van der Waals surface area contributed by atoms with Gasteiger partial charge in [-0.05, 0) is 18.9 Å². The lowest BCUT2D eigenvalue weighted by atomic mass is 10.0. The zero-order valence-electron chi connectivity index (χ0n) is 9.46. The van der Waals surface area contributed by atoms with E-state index in [1.807, 2.05) is 0 Å². The Balaban J connectivity index is 2.58. The van der Waals surface area contributed by atoms with Crippen molar-refractivity contribution in [3.05, 3.63) is 35.4 Å². The van der Waals surface area contributed by atoms with Crippen molar-refractivity contribution >= 4 is 0 Å². The van der Waals surface area contributed by atoms with E-state index in [-0.39, 0.29) is 0 Å². The average Bonchev–Trinajstić information content (AvgIpc) is 2.26. The third-order valence-corrected chi connectivity index (χ3v) is 2.52. The van der Waals surface area contributed by atoms with Crippen molar-refractivity contribution in [1.82, 2.24) is 5.32 Å². The number of hydrogen-bond donors (Lipinski definition) is 1. The summed E-state index contributed by atoms with van der Waals surface area (Å²) in [4.78, 5) is 0. The minimum atomic E-state index is 0.374. The molecule has 0 radical (unpaired) electrons. The topological polar surface area (TPSA) is 35.8 Å². The van der Waals surface area contributed by atoms with E-state index in [1.54, 1.807) is 0 Å². The highest BCUT2D eigenvalue weighted by molar-refractivity contribution is 5.24. The van der Waals surface area contributed by atoms with E-state index >= 15 is 0 Å².